The Kier molecular flexibility index (Phi) is 5.14. The van der Waals surface area contributed by atoms with Gasteiger partial charge >= 0.3 is 0 Å². The van der Waals surface area contributed by atoms with Gasteiger partial charge in [0, 0.05) is 11.1 Å². The summed E-state index contributed by atoms with van der Waals surface area (Å²) in [4.78, 5) is 17.1. The van der Waals surface area contributed by atoms with Crippen LogP contribution in [0, 0.1) is 6.92 Å². The summed E-state index contributed by atoms with van der Waals surface area (Å²) in [7, 11) is 0. The third-order valence-electron chi connectivity index (χ3n) is 5.20. The van der Waals surface area contributed by atoms with Crippen LogP contribution in [0.3, 0.4) is 0 Å². The average Bonchev–Trinajstić information content (AvgIpc) is 3.12. The fourth-order valence-corrected chi connectivity index (χ4v) is 3.59. The van der Waals surface area contributed by atoms with Crippen LogP contribution < -0.4 is 11.1 Å². The van der Waals surface area contributed by atoms with Gasteiger partial charge in [-0.3, -0.25) is 9.79 Å². The van der Waals surface area contributed by atoms with Gasteiger partial charge in [-0.05, 0) is 47.4 Å². The number of aliphatic hydroxyl groups excluding tert-OH is 1. The lowest BCUT2D eigenvalue weighted by Crippen LogP contribution is -2.30. The molecule has 1 heterocycles. The van der Waals surface area contributed by atoms with Gasteiger partial charge in [-0.25, -0.2) is 0 Å². The van der Waals surface area contributed by atoms with Crippen LogP contribution in [0.25, 0.3) is 11.1 Å². The van der Waals surface area contributed by atoms with E-state index in [4.69, 9.17) is 5.73 Å². The number of amidine groups is 1. The zero-order valence-corrected chi connectivity index (χ0v) is 16.2. The highest BCUT2D eigenvalue weighted by Gasteiger charge is 2.17. The van der Waals surface area contributed by atoms with Crippen molar-refractivity contribution in [3.8, 4) is 11.1 Å². The van der Waals surface area contributed by atoms with Crippen LogP contribution in [0.2, 0.25) is 0 Å². The highest BCUT2D eigenvalue weighted by Crippen LogP contribution is 2.26. The maximum atomic E-state index is 12.8. The lowest BCUT2D eigenvalue weighted by atomic mass is 9.98. The molecular formula is C24H23N3O2. The van der Waals surface area contributed by atoms with Crippen molar-refractivity contribution < 1.29 is 9.90 Å². The van der Waals surface area contributed by atoms with Crippen LogP contribution in [-0.2, 0) is 6.54 Å². The second-order valence-corrected chi connectivity index (χ2v) is 7.28. The first-order valence-corrected chi connectivity index (χ1v) is 9.57. The minimum Gasteiger partial charge on any atom is -0.394 e. The second-order valence-electron chi connectivity index (χ2n) is 7.28. The summed E-state index contributed by atoms with van der Waals surface area (Å²) in [5.74, 6) is 0.328. The van der Waals surface area contributed by atoms with Crippen molar-refractivity contribution in [3.05, 3.63) is 94.5 Å². The Bertz CT molecular complexity index is 1100. The zero-order valence-electron chi connectivity index (χ0n) is 16.2. The van der Waals surface area contributed by atoms with E-state index in [2.05, 4.69) is 10.3 Å². The van der Waals surface area contributed by atoms with Gasteiger partial charge in [0.15, 0.2) is 0 Å². The van der Waals surface area contributed by atoms with Crippen LogP contribution in [0.1, 0.15) is 38.7 Å². The van der Waals surface area contributed by atoms with Crippen LogP contribution in [-0.4, -0.2) is 23.5 Å². The number of fused-ring (bicyclic) bond motifs is 1. The highest BCUT2D eigenvalue weighted by atomic mass is 16.3. The van der Waals surface area contributed by atoms with Gasteiger partial charge < -0.3 is 16.2 Å². The molecule has 3 aromatic rings. The fraction of sp³-hybridized carbons (Fsp3) is 0.167. The summed E-state index contributed by atoms with van der Waals surface area (Å²) >= 11 is 0. The number of carbonyl (C=O) groups excluding carboxylic acids is 1. The second kappa shape index (κ2) is 7.89. The molecule has 4 N–H and O–H groups in total. The molecule has 4 rings (SSSR count). The van der Waals surface area contributed by atoms with E-state index in [1.807, 2.05) is 67.6 Å². The van der Waals surface area contributed by atoms with E-state index in [1.165, 1.54) is 0 Å². The molecule has 1 atom stereocenters. The molecule has 1 unspecified atom stereocenters. The topological polar surface area (TPSA) is 87.7 Å². The number of aliphatic hydroxyl groups is 1. The predicted molar refractivity (Wildman–Crippen MR) is 115 cm³/mol. The Balaban J connectivity index is 1.58. The number of rotatable bonds is 5. The van der Waals surface area contributed by atoms with Crippen molar-refractivity contribution in [1.29, 1.82) is 0 Å². The first kappa shape index (κ1) is 18.9. The Morgan fingerprint density at radius 2 is 1.90 bits per heavy atom. The molecule has 0 bridgehead atoms. The van der Waals surface area contributed by atoms with Gasteiger partial charge in [-0.15, -0.1) is 0 Å². The summed E-state index contributed by atoms with van der Waals surface area (Å²) in [6.45, 7) is 2.43. The maximum absolute atomic E-state index is 12.8. The molecule has 0 aromatic heterocycles. The number of nitrogens with zero attached hydrogens (tertiary/aromatic N) is 1. The molecule has 3 aromatic carbocycles. The largest absolute Gasteiger partial charge is 0.394 e. The maximum Gasteiger partial charge on any atom is 0.251 e. The van der Waals surface area contributed by atoms with E-state index in [1.54, 1.807) is 6.07 Å². The third kappa shape index (κ3) is 3.91. The lowest BCUT2D eigenvalue weighted by molar-refractivity contribution is 0.0916. The van der Waals surface area contributed by atoms with E-state index >= 15 is 0 Å². The number of amides is 1. The lowest BCUT2D eigenvalue weighted by Gasteiger charge is -2.17. The number of aliphatic imine (C=N–C) groups is 1. The summed E-state index contributed by atoms with van der Waals surface area (Å²) in [6.07, 6.45) is 0. The third-order valence-corrected chi connectivity index (χ3v) is 5.20. The Hall–Kier alpha value is -3.44. The van der Waals surface area contributed by atoms with Crippen molar-refractivity contribution >= 4 is 11.7 Å². The molecule has 0 radical (unpaired) electrons. The summed E-state index contributed by atoms with van der Waals surface area (Å²) in [6, 6.07) is 20.8. The van der Waals surface area contributed by atoms with Gasteiger partial charge in [0.05, 0.1) is 19.2 Å². The molecule has 1 aliphatic heterocycles. The molecule has 5 heteroatoms. The minimum absolute atomic E-state index is 0.168. The molecular weight excluding hydrogens is 362 g/mol. The fourth-order valence-electron chi connectivity index (χ4n) is 3.59. The first-order chi connectivity index (χ1) is 14.0. The van der Waals surface area contributed by atoms with Crippen molar-refractivity contribution in [3.63, 3.8) is 0 Å². The van der Waals surface area contributed by atoms with E-state index in [0.717, 1.165) is 33.4 Å². The van der Waals surface area contributed by atoms with Gasteiger partial charge in [0.25, 0.3) is 5.91 Å². The van der Waals surface area contributed by atoms with Crippen molar-refractivity contribution in [2.45, 2.75) is 19.5 Å². The number of benzene rings is 3. The summed E-state index contributed by atoms with van der Waals surface area (Å²) in [5.41, 5.74) is 12.4. The van der Waals surface area contributed by atoms with E-state index < -0.39 is 6.04 Å². The van der Waals surface area contributed by atoms with E-state index in [-0.39, 0.29) is 12.5 Å². The normalized spacial score (nSPS) is 13.5. The van der Waals surface area contributed by atoms with Crippen molar-refractivity contribution in [2.75, 3.05) is 6.61 Å². The smallest absolute Gasteiger partial charge is 0.251 e. The summed E-state index contributed by atoms with van der Waals surface area (Å²) < 4.78 is 0. The Morgan fingerprint density at radius 3 is 2.69 bits per heavy atom. The molecule has 0 saturated heterocycles. The van der Waals surface area contributed by atoms with E-state index in [9.17, 15) is 9.90 Å². The monoisotopic (exact) mass is 385 g/mol. The number of nitrogens with one attached hydrogen (secondary N) is 1. The quantitative estimate of drug-likeness (QED) is 0.629. The van der Waals surface area contributed by atoms with Crippen molar-refractivity contribution in [2.24, 2.45) is 10.7 Å². The van der Waals surface area contributed by atoms with Gasteiger partial charge in [0.1, 0.15) is 5.84 Å². The molecule has 29 heavy (non-hydrogen) atoms. The number of hydrogen-bond donors (Lipinski definition) is 3. The molecule has 146 valence electrons. The van der Waals surface area contributed by atoms with Crippen LogP contribution >= 0.6 is 0 Å². The summed E-state index contributed by atoms with van der Waals surface area (Å²) in [5, 5.41) is 12.7. The Labute approximate surface area is 169 Å². The van der Waals surface area contributed by atoms with Gasteiger partial charge in [0.2, 0.25) is 0 Å². The van der Waals surface area contributed by atoms with Crippen molar-refractivity contribution in [1.82, 2.24) is 5.32 Å². The molecule has 1 aliphatic rings. The molecule has 0 fully saturated rings. The highest BCUT2D eigenvalue weighted by molar-refractivity contribution is 6.02. The van der Waals surface area contributed by atoms with Gasteiger partial charge in [-0.1, -0.05) is 54.1 Å². The van der Waals surface area contributed by atoms with Crippen LogP contribution in [0.4, 0.5) is 0 Å². The SMILES string of the molecule is Cc1cccc(C(CO)NC(=O)c2cccc(-c3ccc4c(c3)C(N)=NC4)c2)c1. The molecule has 1 amide bonds. The van der Waals surface area contributed by atoms with Crippen LogP contribution in [0.5, 0.6) is 0 Å². The number of hydrogen-bond acceptors (Lipinski definition) is 4. The predicted octanol–water partition coefficient (Wildman–Crippen LogP) is 3.34. The molecule has 0 saturated carbocycles. The minimum atomic E-state index is -0.456. The molecule has 0 spiro atoms. The number of aryl methyl sites for hydroxylation is 1. The number of nitrogens with two attached hydrogens (primary N) is 1. The first-order valence-electron chi connectivity index (χ1n) is 9.57. The molecule has 5 nitrogen and oxygen atoms in total. The van der Waals surface area contributed by atoms with E-state index in [0.29, 0.717) is 17.9 Å². The van der Waals surface area contributed by atoms with Crippen LogP contribution in [0.15, 0.2) is 71.7 Å². The standard InChI is InChI=1S/C24H23N3O2/c1-15-4-2-6-18(10-15)22(14-28)27-24(29)19-7-3-5-16(11-19)17-8-9-20-13-26-23(25)21(20)12-17/h2-12,22,28H,13-14H2,1H3,(H2,25,26)(H,27,29). The Morgan fingerprint density at radius 1 is 1.10 bits per heavy atom. The average molecular weight is 385 g/mol. The molecule has 0 aliphatic carbocycles. The zero-order chi connectivity index (χ0) is 20.4. The number of carbonyl (C=O) groups is 1. The van der Waals surface area contributed by atoms with Gasteiger partial charge in [-0.2, -0.15) is 0 Å².